The fraction of sp³-hybridized carbons (Fsp3) is 0.429. The van der Waals surface area contributed by atoms with Crippen LogP contribution in [0.15, 0.2) is 12.3 Å². The Hall–Kier alpha value is -1.12. The number of hydrogen-bond donors (Lipinski definition) is 1. The van der Waals surface area contributed by atoms with Crippen LogP contribution in [0.3, 0.4) is 0 Å². The summed E-state index contributed by atoms with van der Waals surface area (Å²) in [6.45, 7) is 1.07. The maximum atomic E-state index is 4.01. The van der Waals surface area contributed by atoms with Crippen molar-refractivity contribution >= 4 is 5.69 Å². The predicted octanol–water partition coefficient (Wildman–Crippen LogP) is 0.835. The molecule has 0 unspecified atom stereocenters. The average molecular weight is 135 g/mol. The summed E-state index contributed by atoms with van der Waals surface area (Å²) in [5.41, 5.74) is 2.26. The third-order valence-corrected chi connectivity index (χ3v) is 1.70. The average Bonchev–Trinajstić information content (AvgIpc) is 2.05. The number of anilines is 1. The van der Waals surface area contributed by atoms with Crippen molar-refractivity contribution < 1.29 is 0 Å². The van der Waals surface area contributed by atoms with E-state index >= 15 is 0 Å². The number of aromatic nitrogens is 2. The quantitative estimate of drug-likeness (QED) is 0.572. The second-order valence-electron chi connectivity index (χ2n) is 2.42. The van der Waals surface area contributed by atoms with Gasteiger partial charge in [-0.3, -0.25) is 0 Å². The highest BCUT2D eigenvalue weighted by atomic mass is 15.1. The lowest BCUT2D eigenvalue weighted by atomic mass is 10.1. The van der Waals surface area contributed by atoms with E-state index in [0.717, 1.165) is 24.3 Å². The molecule has 52 valence electrons. The molecule has 2 heterocycles. The highest BCUT2D eigenvalue weighted by Crippen LogP contribution is 2.16. The molecule has 0 spiro atoms. The van der Waals surface area contributed by atoms with Crippen molar-refractivity contribution in [2.45, 2.75) is 12.8 Å². The Morgan fingerprint density at radius 1 is 1.50 bits per heavy atom. The summed E-state index contributed by atoms with van der Waals surface area (Å²) in [6.07, 6.45) is 3.96. The van der Waals surface area contributed by atoms with Gasteiger partial charge in [0, 0.05) is 6.54 Å². The molecule has 3 heteroatoms. The molecule has 0 aromatic carbocycles. The van der Waals surface area contributed by atoms with Gasteiger partial charge in [0.1, 0.15) is 0 Å². The molecular weight excluding hydrogens is 126 g/mol. The summed E-state index contributed by atoms with van der Waals surface area (Å²) >= 11 is 0. The monoisotopic (exact) mass is 135 g/mol. The number of rotatable bonds is 0. The summed E-state index contributed by atoms with van der Waals surface area (Å²) in [5, 5.41) is 11.1. The van der Waals surface area contributed by atoms with Crippen LogP contribution in [0.4, 0.5) is 5.69 Å². The molecule has 0 atom stereocenters. The van der Waals surface area contributed by atoms with Crippen LogP contribution >= 0.6 is 0 Å². The van der Waals surface area contributed by atoms with Gasteiger partial charge >= 0.3 is 0 Å². The van der Waals surface area contributed by atoms with Gasteiger partial charge in [-0.15, -0.1) is 0 Å². The topological polar surface area (TPSA) is 37.8 Å². The summed E-state index contributed by atoms with van der Waals surface area (Å²) < 4.78 is 0. The van der Waals surface area contributed by atoms with E-state index in [1.54, 1.807) is 6.20 Å². The van der Waals surface area contributed by atoms with Gasteiger partial charge < -0.3 is 5.32 Å². The van der Waals surface area contributed by atoms with E-state index in [1.807, 2.05) is 6.07 Å². The Morgan fingerprint density at radius 2 is 2.50 bits per heavy atom. The maximum absolute atomic E-state index is 4.01. The molecule has 3 nitrogen and oxygen atoms in total. The second kappa shape index (κ2) is 2.25. The Balaban J connectivity index is 2.41. The molecule has 1 aromatic heterocycles. The molecule has 0 fully saturated rings. The van der Waals surface area contributed by atoms with Gasteiger partial charge in [-0.2, -0.15) is 10.2 Å². The molecule has 10 heavy (non-hydrogen) atoms. The lowest BCUT2D eigenvalue weighted by Crippen LogP contribution is -2.13. The van der Waals surface area contributed by atoms with Gasteiger partial charge in [0.15, 0.2) is 0 Å². The van der Waals surface area contributed by atoms with Gasteiger partial charge in [-0.1, -0.05) is 0 Å². The summed E-state index contributed by atoms with van der Waals surface area (Å²) in [4.78, 5) is 0. The van der Waals surface area contributed by atoms with Crippen molar-refractivity contribution in [3.8, 4) is 0 Å². The fourth-order valence-corrected chi connectivity index (χ4v) is 1.19. The highest BCUT2D eigenvalue weighted by Gasteiger charge is 2.07. The zero-order chi connectivity index (χ0) is 6.81. The third-order valence-electron chi connectivity index (χ3n) is 1.70. The molecule has 1 aliphatic rings. The van der Waals surface area contributed by atoms with Crippen LogP contribution < -0.4 is 5.32 Å². The normalized spacial score (nSPS) is 15.6. The fourth-order valence-electron chi connectivity index (χ4n) is 1.19. The molecule has 1 aromatic rings. The van der Waals surface area contributed by atoms with E-state index in [2.05, 4.69) is 15.5 Å². The first-order valence-corrected chi connectivity index (χ1v) is 3.51. The van der Waals surface area contributed by atoms with Gasteiger partial charge in [0.2, 0.25) is 0 Å². The lowest BCUT2D eigenvalue weighted by Gasteiger charge is -2.14. The number of hydrogen-bond acceptors (Lipinski definition) is 3. The molecule has 0 radical (unpaired) electrons. The van der Waals surface area contributed by atoms with Crippen LogP contribution in [0.1, 0.15) is 12.1 Å². The Bertz CT molecular complexity index is 209. The van der Waals surface area contributed by atoms with E-state index in [9.17, 15) is 0 Å². The van der Waals surface area contributed by atoms with E-state index in [4.69, 9.17) is 0 Å². The Labute approximate surface area is 59.5 Å². The van der Waals surface area contributed by atoms with Gasteiger partial charge in [-0.25, -0.2) is 0 Å². The molecule has 1 aliphatic heterocycles. The SMILES string of the molecule is c1cc2c(nn1)CCCN2. The molecule has 0 saturated carbocycles. The third kappa shape index (κ3) is 0.835. The first-order valence-electron chi connectivity index (χ1n) is 3.51. The highest BCUT2D eigenvalue weighted by molar-refractivity contribution is 5.47. The van der Waals surface area contributed by atoms with E-state index in [-0.39, 0.29) is 0 Å². The summed E-state index contributed by atoms with van der Waals surface area (Å²) in [6, 6.07) is 1.97. The predicted molar refractivity (Wildman–Crippen MR) is 38.8 cm³/mol. The number of aryl methyl sites for hydroxylation is 1. The zero-order valence-electron chi connectivity index (χ0n) is 5.67. The van der Waals surface area contributed by atoms with Crippen LogP contribution in [0.5, 0.6) is 0 Å². The minimum Gasteiger partial charge on any atom is -0.383 e. The van der Waals surface area contributed by atoms with Crippen LogP contribution in [-0.4, -0.2) is 16.7 Å². The van der Waals surface area contributed by atoms with Crippen molar-refractivity contribution in [1.82, 2.24) is 10.2 Å². The van der Waals surface area contributed by atoms with Gasteiger partial charge in [-0.05, 0) is 18.9 Å². The molecule has 0 bridgehead atoms. The summed E-state index contributed by atoms with van der Waals surface area (Å²) in [5.74, 6) is 0. The number of nitrogens with one attached hydrogen (secondary N) is 1. The van der Waals surface area contributed by atoms with Crippen molar-refractivity contribution in [3.05, 3.63) is 18.0 Å². The molecule has 0 aliphatic carbocycles. The van der Waals surface area contributed by atoms with Crippen molar-refractivity contribution in [1.29, 1.82) is 0 Å². The van der Waals surface area contributed by atoms with E-state index < -0.39 is 0 Å². The second-order valence-corrected chi connectivity index (χ2v) is 2.42. The largest absolute Gasteiger partial charge is 0.383 e. The van der Waals surface area contributed by atoms with Crippen LogP contribution in [-0.2, 0) is 6.42 Å². The molecule has 0 amide bonds. The molecule has 0 saturated heterocycles. The van der Waals surface area contributed by atoms with Crippen molar-refractivity contribution in [3.63, 3.8) is 0 Å². The number of fused-ring (bicyclic) bond motifs is 1. The first-order chi connectivity index (χ1) is 4.97. The minimum absolute atomic E-state index is 1.07. The standard InChI is InChI=1S/C7H9N3/c1-2-7-6(8-4-1)3-5-9-10-7/h3,5,8H,1-2,4H2. The van der Waals surface area contributed by atoms with Crippen LogP contribution in [0, 0.1) is 0 Å². The Kier molecular flexibility index (Phi) is 1.27. The lowest BCUT2D eigenvalue weighted by molar-refractivity contribution is 0.774. The van der Waals surface area contributed by atoms with Crippen molar-refractivity contribution in [2.24, 2.45) is 0 Å². The summed E-state index contributed by atoms with van der Waals surface area (Å²) in [7, 11) is 0. The van der Waals surface area contributed by atoms with Crippen LogP contribution in [0.25, 0.3) is 0 Å². The smallest absolute Gasteiger partial charge is 0.0862 e. The van der Waals surface area contributed by atoms with Gasteiger partial charge in [0.05, 0.1) is 17.6 Å². The zero-order valence-corrected chi connectivity index (χ0v) is 5.67. The molecular formula is C7H9N3. The van der Waals surface area contributed by atoms with Crippen molar-refractivity contribution in [2.75, 3.05) is 11.9 Å². The van der Waals surface area contributed by atoms with E-state index in [1.165, 1.54) is 6.42 Å². The first kappa shape index (κ1) is 5.65. The number of nitrogens with zero attached hydrogens (tertiary/aromatic N) is 2. The minimum atomic E-state index is 1.07. The van der Waals surface area contributed by atoms with Crippen LogP contribution in [0.2, 0.25) is 0 Å². The molecule has 1 N–H and O–H groups in total. The molecule has 2 rings (SSSR count). The van der Waals surface area contributed by atoms with E-state index in [0.29, 0.717) is 0 Å². The Morgan fingerprint density at radius 3 is 3.40 bits per heavy atom. The van der Waals surface area contributed by atoms with Gasteiger partial charge in [0.25, 0.3) is 0 Å². The maximum Gasteiger partial charge on any atom is 0.0862 e.